The fraction of sp³-hybridized carbons (Fsp3) is 0.500. The lowest BCUT2D eigenvalue weighted by Gasteiger charge is -2.33. The quantitative estimate of drug-likeness (QED) is 0.932. The maximum atomic E-state index is 4.55. The largest absolute Gasteiger partial charge is 0.372 e. The number of rotatable bonds is 4. The first-order chi connectivity index (χ1) is 10.8. The number of nitrogens with one attached hydrogen (secondary N) is 1. The van der Waals surface area contributed by atoms with Gasteiger partial charge in [-0.2, -0.15) is 0 Å². The number of aryl methyl sites for hydroxylation is 1. The maximum absolute atomic E-state index is 4.55. The summed E-state index contributed by atoms with van der Waals surface area (Å²) in [6, 6.07) is 2.00. The molecule has 1 atom stereocenters. The third-order valence-corrected chi connectivity index (χ3v) is 4.10. The summed E-state index contributed by atoms with van der Waals surface area (Å²) < 4.78 is 0. The van der Waals surface area contributed by atoms with Crippen LogP contribution in [0.5, 0.6) is 0 Å². The number of aromatic nitrogens is 4. The first-order valence-electron chi connectivity index (χ1n) is 7.78. The Morgan fingerprint density at radius 3 is 2.91 bits per heavy atom. The van der Waals surface area contributed by atoms with Gasteiger partial charge in [0.2, 0.25) is 0 Å². The van der Waals surface area contributed by atoms with Crippen LogP contribution in [0, 0.1) is 12.8 Å². The lowest BCUT2D eigenvalue weighted by Crippen LogP contribution is -2.37. The van der Waals surface area contributed by atoms with Gasteiger partial charge in [0, 0.05) is 38.7 Å². The molecule has 6 heteroatoms. The highest BCUT2D eigenvalue weighted by molar-refractivity contribution is 5.40. The van der Waals surface area contributed by atoms with Gasteiger partial charge in [0.25, 0.3) is 0 Å². The van der Waals surface area contributed by atoms with E-state index >= 15 is 0 Å². The van der Waals surface area contributed by atoms with E-state index in [0.717, 1.165) is 42.7 Å². The van der Waals surface area contributed by atoms with Crippen molar-refractivity contribution in [3.63, 3.8) is 0 Å². The van der Waals surface area contributed by atoms with E-state index in [1.165, 1.54) is 12.8 Å². The van der Waals surface area contributed by atoms with Crippen molar-refractivity contribution in [1.29, 1.82) is 0 Å². The number of piperidine rings is 1. The zero-order valence-electron chi connectivity index (χ0n) is 13.2. The Morgan fingerprint density at radius 2 is 2.09 bits per heavy atom. The molecule has 1 aliphatic heterocycles. The van der Waals surface area contributed by atoms with Crippen molar-refractivity contribution in [3.05, 3.63) is 36.2 Å². The molecule has 1 N–H and O–H groups in total. The third-order valence-electron chi connectivity index (χ3n) is 4.10. The zero-order chi connectivity index (χ0) is 15.4. The molecule has 3 rings (SSSR count). The molecule has 1 saturated heterocycles. The molecule has 6 nitrogen and oxygen atoms in total. The summed E-state index contributed by atoms with van der Waals surface area (Å²) in [6.45, 7) is 4.01. The zero-order valence-corrected chi connectivity index (χ0v) is 13.2. The van der Waals surface area contributed by atoms with E-state index in [0.29, 0.717) is 5.92 Å². The second-order valence-electron chi connectivity index (χ2n) is 5.72. The Bertz CT molecular complexity index is 630. The SMILES string of the molecule is CNc1nccnc1C[C@H]1CCCN(c2ccnc(C)n2)C1. The lowest BCUT2D eigenvalue weighted by atomic mass is 9.93. The van der Waals surface area contributed by atoms with Crippen molar-refractivity contribution in [3.8, 4) is 0 Å². The van der Waals surface area contributed by atoms with Gasteiger partial charge in [0.1, 0.15) is 17.5 Å². The highest BCUT2D eigenvalue weighted by atomic mass is 15.2. The minimum absolute atomic E-state index is 0.577. The van der Waals surface area contributed by atoms with E-state index in [9.17, 15) is 0 Å². The topological polar surface area (TPSA) is 66.8 Å². The van der Waals surface area contributed by atoms with Crippen LogP contribution in [0.25, 0.3) is 0 Å². The number of anilines is 2. The van der Waals surface area contributed by atoms with Gasteiger partial charge in [-0.15, -0.1) is 0 Å². The summed E-state index contributed by atoms with van der Waals surface area (Å²) in [4.78, 5) is 19.9. The molecule has 1 aliphatic rings. The smallest absolute Gasteiger partial charge is 0.147 e. The Labute approximate surface area is 131 Å². The lowest BCUT2D eigenvalue weighted by molar-refractivity contribution is 0.408. The van der Waals surface area contributed by atoms with Crippen molar-refractivity contribution in [2.75, 3.05) is 30.4 Å². The van der Waals surface area contributed by atoms with Crippen LogP contribution in [0.2, 0.25) is 0 Å². The molecule has 0 saturated carbocycles. The van der Waals surface area contributed by atoms with Gasteiger partial charge in [0.15, 0.2) is 0 Å². The molecule has 3 heterocycles. The van der Waals surface area contributed by atoms with Crippen LogP contribution < -0.4 is 10.2 Å². The van der Waals surface area contributed by atoms with Crippen LogP contribution in [0.1, 0.15) is 24.4 Å². The third kappa shape index (κ3) is 3.32. The molecule has 0 aromatic carbocycles. The summed E-state index contributed by atoms with van der Waals surface area (Å²) in [5.74, 6) is 3.32. The van der Waals surface area contributed by atoms with E-state index in [1.54, 1.807) is 12.4 Å². The molecule has 0 unspecified atom stereocenters. The molecule has 2 aromatic heterocycles. The molecule has 2 aromatic rings. The molecule has 1 fully saturated rings. The number of hydrogen-bond acceptors (Lipinski definition) is 6. The van der Waals surface area contributed by atoms with Gasteiger partial charge < -0.3 is 10.2 Å². The predicted molar refractivity (Wildman–Crippen MR) is 87.0 cm³/mol. The Kier molecular flexibility index (Phi) is 4.46. The second-order valence-corrected chi connectivity index (χ2v) is 5.72. The normalized spacial score (nSPS) is 18.3. The first-order valence-corrected chi connectivity index (χ1v) is 7.78. The Balaban J connectivity index is 1.70. The monoisotopic (exact) mass is 298 g/mol. The van der Waals surface area contributed by atoms with Gasteiger partial charge >= 0.3 is 0 Å². The molecule has 0 spiro atoms. The number of nitrogens with zero attached hydrogens (tertiary/aromatic N) is 5. The van der Waals surface area contributed by atoms with Crippen LogP contribution in [0.4, 0.5) is 11.6 Å². The maximum Gasteiger partial charge on any atom is 0.147 e. The summed E-state index contributed by atoms with van der Waals surface area (Å²) in [7, 11) is 1.89. The van der Waals surface area contributed by atoms with Gasteiger partial charge in [-0.25, -0.2) is 15.0 Å². The van der Waals surface area contributed by atoms with E-state index in [1.807, 2.05) is 26.2 Å². The van der Waals surface area contributed by atoms with Crippen LogP contribution in [-0.2, 0) is 6.42 Å². The van der Waals surface area contributed by atoms with Crippen molar-refractivity contribution >= 4 is 11.6 Å². The van der Waals surface area contributed by atoms with Crippen LogP contribution in [0.15, 0.2) is 24.7 Å². The molecule has 22 heavy (non-hydrogen) atoms. The molecule has 0 radical (unpaired) electrons. The highest BCUT2D eigenvalue weighted by Crippen LogP contribution is 2.25. The second kappa shape index (κ2) is 6.68. The predicted octanol–water partition coefficient (Wildman–Crippen LogP) is 2.08. The van der Waals surface area contributed by atoms with E-state index in [4.69, 9.17) is 0 Å². The molecule has 0 bridgehead atoms. The van der Waals surface area contributed by atoms with Crippen molar-refractivity contribution in [2.24, 2.45) is 5.92 Å². The fourth-order valence-electron chi connectivity index (χ4n) is 3.06. The van der Waals surface area contributed by atoms with Crippen LogP contribution >= 0.6 is 0 Å². The molecular weight excluding hydrogens is 276 g/mol. The first kappa shape index (κ1) is 14.7. The molecule has 0 amide bonds. The Morgan fingerprint density at radius 1 is 1.23 bits per heavy atom. The number of hydrogen-bond donors (Lipinski definition) is 1. The van der Waals surface area contributed by atoms with Crippen molar-refractivity contribution in [2.45, 2.75) is 26.2 Å². The van der Waals surface area contributed by atoms with Gasteiger partial charge in [0.05, 0.1) is 5.69 Å². The standard InChI is InChI=1S/C16H22N6/c1-12-18-6-5-15(21-12)22-9-3-4-13(11-22)10-14-16(17-2)20-8-7-19-14/h5-8,13H,3-4,9-11H2,1-2H3,(H,17,20)/t13-/m1/s1. The van der Waals surface area contributed by atoms with Gasteiger partial charge in [-0.05, 0) is 38.2 Å². The summed E-state index contributed by atoms with van der Waals surface area (Å²) in [5, 5.41) is 3.13. The van der Waals surface area contributed by atoms with Gasteiger partial charge in [-0.1, -0.05) is 0 Å². The Hall–Kier alpha value is -2.24. The summed E-state index contributed by atoms with van der Waals surface area (Å²) >= 11 is 0. The fourth-order valence-corrected chi connectivity index (χ4v) is 3.06. The van der Waals surface area contributed by atoms with E-state index < -0.39 is 0 Å². The summed E-state index contributed by atoms with van der Waals surface area (Å²) in [5.41, 5.74) is 1.05. The van der Waals surface area contributed by atoms with E-state index in [-0.39, 0.29) is 0 Å². The van der Waals surface area contributed by atoms with E-state index in [2.05, 4.69) is 30.2 Å². The average molecular weight is 298 g/mol. The van der Waals surface area contributed by atoms with Crippen molar-refractivity contribution < 1.29 is 0 Å². The average Bonchev–Trinajstić information content (AvgIpc) is 2.56. The molecular formula is C16H22N6. The highest BCUT2D eigenvalue weighted by Gasteiger charge is 2.22. The molecule has 0 aliphatic carbocycles. The van der Waals surface area contributed by atoms with Crippen LogP contribution in [0.3, 0.4) is 0 Å². The summed E-state index contributed by atoms with van der Waals surface area (Å²) in [6.07, 6.45) is 8.69. The van der Waals surface area contributed by atoms with Crippen LogP contribution in [-0.4, -0.2) is 40.1 Å². The minimum atomic E-state index is 0.577. The van der Waals surface area contributed by atoms with Crippen molar-refractivity contribution in [1.82, 2.24) is 19.9 Å². The molecule has 116 valence electrons. The minimum Gasteiger partial charge on any atom is -0.372 e. The van der Waals surface area contributed by atoms with Gasteiger partial charge in [-0.3, -0.25) is 4.98 Å².